The Balaban J connectivity index is 2.39. The first-order valence-electron chi connectivity index (χ1n) is 5.99. The van der Waals surface area contributed by atoms with Gasteiger partial charge in [0.1, 0.15) is 0 Å². The lowest BCUT2D eigenvalue weighted by Gasteiger charge is -2.35. The topological polar surface area (TPSA) is 95.8 Å². The molecule has 1 atom stereocenters. The van der Waals surface area contributed by atoms with Gasteiger partial charge in [0.25, 0.3) is 0 Å². The molecule has 0 aliphatic carbocycles. The lowest BCUT2D eigenvalue weighted by Crippen LogP contribution is -2.46. The van der Waals surface area contributed by atoms with Gasteiger partial charge in [-0.15, -0.1) is 0 Å². The minimum Gasteiger partial charge on any atom is -0.403 e. The van der Waals surface area contributed by atoms with Gasteiger partial charge in [0, 0.05) is 31.9 Å². The summed E-state index contributed by atoms with van der Waals surface area (Å²) in [5.41, 5.74) is 5.19. The number of likely N-dealkylation sites (tertiary alicyclic amines) is 1. The number of aliphatic hydroxyl groups excluding tert-OH is 1. The molecule has 1 aliphatic heterocycles. The van der Waals surface area contributed by atoms with Crippen LogP contribution in [-0.4, -0.2) is 46.7 Å². The smallest absolute Gasteiger partial charge is 0.224 e. The van der Waals surface area contributed by atoms with Crippen LogP contribution < -0.4 is 11.6 Å². The van der Waals surface area contributed by atoms with E-state index < -0.39 is 0 Å². The number of hydrogen-bond donors (Lipinski definition) is 3. The molecule has 1 fully saturated rings. The standard InChI is InChI=1S/C11H22N4O2/c12-5-8-14(13)7-4-11(17)15-6-2-1-3-10(15)9-16/h5,8,10,16H,1-4,6-7,9,12-13H2/b8-5-. The molecule has 1 saturated heterocycles. The van der Waals surface area contributed by atoms with Crippen LogP contribution >= 0.6 is 0 Å². The maximum Gasteiger partial charge on any atom is 0.224 e. The Morgan fingerprint density at radius 3 is 2.94 bits per heavy atom. The molecule has 0 radical (unpaired) electrons. The van der Waals surface area contributed by atoms with Crippen molar-refractivity contribution in [3.8, 4) is 0 Å². The zero-order chi connectivity index (χ0) is 12.7. The van der Waals surface area contributed by atoms with Gasteiger partial charge in [-0.3, -0.25) is 4.79 Å². The Morgan fingerprint density at radius 2 is 2.29 bits per heavy atom. The second kappa shape index (κ2) is 7.13. The van der Waals surface area contributed by atoms with Gasteiger partial charge in [-0.1, -0.05) is 0 Å². The van der Waals surface area contributed by atoms with Crippen molar-refractivity contribution in [1.29, 1.82) is 0 Å². The minimum absolute atomic E-state index is 0.0208. The minimum atomic E-state index is -0.0208. The predicted octanol–water partition coefficient (Wildman–Crippen LogP) is -0.644. The summed E-state index contributed by atoms with van der Waals surface area (Å²) in [7, 11) is 0. The summed E-state index contributed by atoms with van der Waals surface area (Å²) >= 11 is 0. The van der Waals surface area contributed by atoms with Gasteiger partial charge in [0.05, 0.1) is 12.6 Å². The molecule has 6 heteroatoms. The summed E-state index contributed by atoms with van der Waals surface area (Å²) in [5, 5.41) is 10.6. The number of hydrogen-bond acceptors (Lipinski definition) is 5. The first kappa shape index (κ1) is 13.8. The van der Waals surface area contributed by atoms with E-state index in [4.69, 9.17) is 11.6 Å². The molecule has 5 N–H and O–H groups in total. The molecule has 0 aromatic rings. The van der Waals surface area contributed by atoms with Crippen molar-refractivity contribution in [2.45, 2.75) is 31.7 Å². The molecule has 17 heavy (non-hydrogen) atoms. The van der Waals surface area contributed by atoms with E-state index in [-0.39, 0.29) is 18.6 Å². The molecule has 0 saturated carbocycles. The Hall–Kier alpha value is -1.27. The summed E-state index contributed by atoms with van der Waals surface area (Å²) < 4.78 is 0. The van der Waals surface area contributed by atoms with Crippen molar-refractivity contribution in [1.82, 2.24) is 9.91 Å². The highest BCUT2D eigenvalue weighted by molar-refractivity contribution is 5.76. The molecular weight excluding hydrogens is 220 g/mol. The van der Waals surface area contributed by atoms with Gasteiger partial charge in [-0.2, -0.15) is 0 Å². The third-order valence-corrected chi connectivity index (χ3v) is 3.02. The number of amides is 1. The molecule has 1 aliphatic rings. The Labute approximate surface area is 102 Å². The first-order chi connectivity index (χ1) is 8.19. The summed E-state index contributed by atoms with van der Waals surface area (Å²) in [5.74, 6) is 5.62. The molecule has 1 heterocycles. The molecule has 0 aromatic carbocycles. The fraction of sp³-hybridized carbons (Fsp3) is 0.727. The van der Waals surface area contributed by atoms with Gasteiger partial charge in [-0.05, 0) is 19.3 Å². The highest BCUT2D eigenvalue weighted by atomic mass is 16.3. The van der Waals surface area contributed by atoms with Crippen LogP contribution in [0.15, 0.2) is 12.4 Å². The third kappa shape index (κ3) is 4.24. The number of nitrogens with two attached hydrogens (primary N) is 2. The number of piperidine rings is 1. The largest absolute Gasteiger partial charge is 0.403 e. The number of aliphatic hydroxyl groups is 1. The summed E-state index contributed by atoms with van der Waals surface area (Å²) in [6.07, 6.45) is 6.18. The lowest BCUT2D eigenvalue weighted by molar-refractivity contribution is -0.136. The molecule has 1 unspecified atom stereocenters. The lowest BCUT2D eigenvalue weighted by atomic mass is 10.0. The van der Waals surface area contributed by atoms with Gasteiger partial charge < -0.3 is 20.7 Å². The second-order valence-corrected chi connectivity index (χ2v) is 4.25. The van der Waals surface area contributed by atoms with E-state index in [0.29, 0.717) is 13.0 Å². The monoisotopic (exact) mass is 242 g/mol. The van der Waals surface area contributed by atoms with E-state index in [9.17, 15) is 9.90 Å². The molecule has 0 aromatic heterocycles. The van der Waals surface area contributed by atoms with Gasteiger partial charge in [0.2, 0.25) is 5.91 Å². The van der Waals surface area contributed by atoms with Crippen molar-refractivity contribution < 1.29 is 9.90 Å². The van der Waals surface area contributed by atoms with E-state index in [0.717, 1.165) is 25.8 Å². The molecule has 0 bridgehead atoms. The van der Waals surface area contributed by atoms with Crippen LogP contribution in [0.3, 0.4) is 0 Å². The average molecular weight is 242 g/mol. The van der Waals surface area contributed by atoms with Crippen LogP contribution in [0.1, 0.15) is 25.7 Å². The number of hydrazine groups is 1. The maximum absolute atomic E-state index is 12.0. The van der Waals surface area contributed by atoms with Crippen LogP contribution in [0.4, 0.5) is 0 Å². The van der Waals surface area contributed by atoms with Gasteiger partial charge in [-0.25, -0.2) is 5.84 Å². The van der Waals surface area contributed by atoms with Crippen LogP contribution in [0.25, 0.3) is 0 Å². The molecule has 98 valence electrons. The maximum atomic E-state index is 12.0. The van der Waals surface area contributed by atoms with Crippen molar-refractivity contribution in [3.63, 3.8) is 0 Å². The normalized spacial score (nSPS) is 20.8. The highest BCUT2D eigenvalue weighted by Gasteiger charge is 2.25. The Bertz CT molecular complexity index is 270. The fourth-order valence-corrected chi connectivity index (χ4v) is 2.07. The predicted molar refractivity (Wildman–Crippen MR) is 65.3 cm³/mol. The van der Waals surface area contributed by atoms with Crippen LogP contribution in [-0.2, 0) is 4.79 Å². The van der Waals surface area contributed by atoms with Gasteiger partial charge >= 0.3 is 0 Å². The Kier molecular flexibility index (Phi) is 5.79. The third-order valence-electron chi connectivity index (χ3n) is 3.02. The van der Waals surface area contributed by atoms with Crippen LogP contribution in [0.2, 0.25) is 0 Å². The zero-order valence-electron chi connectivity index (χ0n) is 10.1. The fourth-order valence-electron chi connectivity index (χ4n) is 2.07. The molecule has 1 rings (SSSR count). The zero-order valence-corrected chi connectivity index (χ0v) is 10.1. The van der Waals surface area contributed by atoms with Crippen LogP contribution in [0, 0.1) is 0 Å². The summed E-state index contributed by atoms with van der Waals surface area (Å²) in [6.45, 7) is 1.21. The number of nitrogens with zero attached hydrogens (tertiary/aromatic N) is 2. The Morgan fingerprint density at radius 1 is 1.53 bits per heavy atom. The molecule has 0 spiro atoms. The molecule has 6 nitrogen and oxygen atoms in total. The summed E-state index contributed by atoms with van der Waals surface area (Å²) in [6, 6.07) is -0.0208. The van der Waals surface area contributed by atoms with Crippen molar-refractivity contribution in [2.24, 2.45) is 11.6 Å². The van der Waals surface area contributed by atoms with Gasteiger partial charge in [0.15, 0.2) is 0 Å². The highest BCUT2D eigenvalue weighted by Crippen LogP contribution is 2.17. The number of carbonyl (C=O) groups excluding carboxylic acids is 1. The van der Waals surface area contributed by atoms with E-state index in [1.165, 1.54) is 17.4 Å². The van der Waals surface area contributed by atoms with E-state index in [2.05, 4.69) is 0 Å². The van der Waals surface area contributed by atoms with Crippen molar-refractivity contribution in [3.05, 3.63) is 12.4 Å². The quantitative estimate of drug-likeness (QED) is 0.440. The first-order valence-corrected chi connectivity index (χ1v) is 5.99. The number of carbonyl (C=O) groups is 1. The van der Waals surface area contributed by atoms with Crippen LogP contribution in [0.5, 0.6) is 0 Å². The van der Waals surface area contributed by atoms with Crippen molar-refractivity contribution in [2.75, 3.05) is 19.7 Å². The van der Waals surface area contributed by atoms with E-state index >= 15 is 0 Å². The second-order valence-electron chi connectivity index (χ2n) is 4.25. The number of rotatable bonds is 5. The molecular formula is C11H22N4O2. The van der Waals surface area contributed by atoms with E-state index in [1.807, 2.05) is 0 Å². The SMILES string of the molecule is N/C=C\N(N)CCC(=O)N1CCCCC1CO. The average Bonchev–Trinajstić information content (AvgIpc) is 2.36. The summed E-state index contributed by atoms with van der Waals surface area (Å²) in [4.78, 5) is 13.7. The van der Waals surface area contributed by atoms with E-state index in [1.54, 1.807) is 4.90 Å². The van der Waals surface area contributed by atoms with Crippen molar-refractivity contribution >= 4 is 5.91 Å². The molecule has 1 amide bonds.